The number of guanidine groups is 1. The third-order valence-electron chi connectivity index (χ3n) is 3.53. The number of benzene rings is 1. The lowest BCUT2D eigenvalue weighted by molar-refractivity contribution is 0.630. The monoisotopic (exact) mass is 400 g/mol. The summed E-state index contributed by atoms with van der Waals surface area (Å²) >= 11 is 0. The van der Waals surface area contributed by atoms with Gasteiger partial charge in [0.25, 0.3) is 0 Å². The van der Waals surface area contributed by atoms with Gasteiger partial charge >= 0.3 is 0 Å². The molecule has 116 valence electrons. The van der Waals surface area contributed by atoms with Crippen molar-refractivity contribution in [3.8, 4) is 0 Å². The molecule has 3 N–H and O–H groups in total. The molecule has 0 amide bonds. The number of aliphatic imine (C=N–C) groups is 1. The van der Waals surface area contributed by atoms with E-state index in [1.165, 1.54) is 10.9 Å². The molecule has 1 aromatic carbocycles. The van der Waals surface area contributed by atoms with Crippen molar-refractivity contribution < 1.29 is 0 Å². The molecule has 21 heavy (non-hydrogen) atoms. The average Bonchev–Trinajstić information content (AvgIpc) is 2.87. The van der Waals surface area contributed by atoms with Crippen molar-refractivity contribution in [1.29, 1.82) is 0 Å². The summed E-state index contributed by atoms with van der Waals surface area (Å²) in [5, 5.41) is 4.46. The number of aromatic nitrogens is 1. The molecule has 2 rings (SSSR count). The van der Waals surface area contributed by atoms with Crippen LogP contribution in [0.25, 0.3) is 10.9 Å². The molecule has 1 heterocycles. The summed E-state index contributed by atoms with van der Waals surface area (Å²) in [5.74, 6) is 0.553. The van der Waals surface area contributed by atoms with E-state index >= 15 is 0 Å². The number of rotatable bonds is 6. The summed E-state index contributed by atoms with van der Waals surface area (Å²) in [5.41, 5.74) is 7.11. The summed E-state index contributed by atoms with van der Waals surface area (Å²) in [6.45, 7) is 5.95. The van der Waals surface area contributed by atoms with Gasteiger partial charge in [0, 0.05) is 30.8 Å². The Labute approximate surface area is 143 Å². The van der Waals surface area contributed by atoms with Crippen LogP contribution in [0.5, 0.6) is 0 Å². The quantitative estimate of drug-likeness (QED) is 0.338. The predicted molar refractivity (Wildman–Crippen MR) is 101 cm³/mol. The molecule has 1 atom stereocenters. The van der Waals surface area contributed by atoms with Crippen LogP contribution in [-0.2, 0) is 6.54 Å². The molecule has 0 aliphatic carbocycles. The number of aryl methyl sites for hydroxylation is 1. The van der Waals surface area contributed by atoms with Crippen LogP contribution in [0.1, 0.15) is 26.7 Å². The first-order valence-electron chi connectivity index (χ1n) is 7.31. The lowest BCUT2D eigenvalue weighted by Crippen LogP contribution is -2.38. The van der Waals surface area contributed by atoms with Crippen molar-refractivity contribution in [3.63, 3.8) is 0 Å². The average molecular weight is 400 g/mol. The zero-order chi connectivity index (χ0) is 14.4. The van der Waals surface area contributed by atoms with Crippen molar-refractivity contribution >= 4 is 40.8 Å². The minimum atomic E-state index is 0. The molecule has 0 fully saturated rings. The number of hydrogen-bond acceptors (Lipinski definition) is 1. The van der Waals surface area contributed by atoms with Gasteiger partial charge in [0.15, 0.2) is 5.96 Å². The highest BCUT2D eigenvalue weighted by atomic mass is 127. The molecular formula is C16H25IN4. The van der Waals surface area contributed by atoms with Gasteiger partial charge < -0.3 is 15.6 Å². The molecule has 0 saturated carbocycles. The van der Waals surface area contributed by atoms with Crippen LogP contribution >= 0.6 is 24.0 Å². The Bertz CT molecular complexity index is 576. The van der Waals surface area contributed by atoms with E-state index < -0.39 is 0 Å². The largest absolute Gasteiger partial charge is 0.370 e. The third-order valence-corrected chi connectivity index (χ3v) is 3.53. The van der Waals surface area contributed by atoms with Gasteiger partial charge in [0.1, 0.15) is 0 Å². The smallest absolute Gasteiger partial charge is 0.188 e. The van der Waals surface area contributed by atoms with Gasteiger partial charge in [-0.05, 0) is 37.3 Å². The van der Waals surface area contributed by atoms with E-state index in [2.05, 4.69) is 65.3 Å². The van der Waals surface area contributed by atoms with Crippen LogP contribution in [0.4, 0.5) is 0 Å². The normalized spacial score (nSPS) is 13.0. The number of nitrogens with one attached hydrogen (secondary N) is 1. The molecule has 0 bridgehead atoms. The fourth-order valence-electron chi connectivity index (χ4n) is 2.18. The fraction of sp³-hybridized carbons (Fsp3) is 0.438. The molecule has 0 aliphatic rings. The molecule has 1 unspecified atom stereocenters. The summed E-state index contributed by atoms with van der Waals surface area (Å²) in [4.78, 5) is 4.36. The SMILES string of the molecule is CCC(C)NC(N)=NCCCn1ccc2ccccc21.I. The standard InChI is InChI=1S/C16H24N4.HI/c1-3-13(2)19-16(17)18-10-6-11-20-12-9-14-7-4-5-8-15(14)20;/h4-5,7-9,12-13H,3,6,10-11H2,1-2H3,(H3,17,18,19);1H. The molecule has 1 aromatic heterocycles. The third kappa shape index (κ3) is 5.22. The van der Waals surface area contributed by atoms with Gasteiger partial charge in [-0.2, -0.15) is 0 Å². The van der Waals surface area contributed by atoms with Gasteiger partial charge in [-0.3, -0.25) is 4.99 Å². The second kappa shape index (κ2) is 8.92. The number of para-hydroxylation sites is 1. The van der Waals surface area contributed by atoms with E-state index in [0.717, 1.165) is 25.9 Å². The lowest BCUT2D eigenvalue weighted by Gasteiger charge is -2.11. The number of nitrogens with zero attached hydrogens (tertiary/aromatic N) is 2. The zero-order valence-electron chi connectivity index (χ0n) is 12.7. The van der Waals surface area contributed by atoms with Gasteiger partial charge in [-0.15, -0.1) is 24.0 Å². The molecule has 0 spiro atoms. The topological polar surface area (TPSA) is 55.3 Å². The minimum absolute atomic E-state index is 0. The van der Waals surface area contributed by atoms with Gasteiger partial charge in [0.05, 0.1) is 0 Å². The highest BCUT2D eigenvalue weighted by molar-refractivity contribution is 14.0. The van der Waals surface area contributed by atoms with Crippen LogP contribution in [0.2, 0.25) is 0 Å². The first-order valence-corrected chi connectivity index (χ1v) is 7.31. The first kappa shape index (κ1) is 17.8. The van der Waals surface area contributed by atoms with Crippen LogP contribution in [0.3, 0.4) is 0 Å². The number of fused-ring (bicyclic) bond motifs is 1. The fourth-order valence-corrected chi connectivity index (χ4v) is 2.18. The Morgan fingerprint density at radius 1 is 1.33 bits per heavy atom. The molecule has 2 aromatic rings. The van der Waals surface area contributed by atoms with Crippen LogP contribution in [-0.4, -0.2) is 23.1 Å². The minimum Gasteiger partial charge on any atom is -0.370 e. The van der Waals surface area contributed by atoms with Crippen molar-refractivity contribution in [3.05, 3.63) is 36.5 Å². The van der Waals surface area contributed by atoms with Crippen molar-refractivity contribution in [2.24, 2.45) is 10.7 Å². The second-order valence-corrected chi connectivity index (χ2v) is 5.14. The Kier molecular flexibility index (Phi) is 7.56. The van der Waals surface area contributed by atoms with Crippen molar-refractivity contribution in [1.82, 2.24) is 9.88 Å². The van der Waals surface area contributed by atoms with E-state index in [4.69, 9.17) is 5.73 Å². The van der Waals surface area contributed by atoms with E-state index in [0.29, 0.717) is 12.0 Å². The second-order valence-electron chi connectivity index (χ2n) is 5.14. The van der Waals surface area contributed by atoms with Gasteiger partial charge in [-0.1, -0.05) is 25.1 Å². The number of nitrogens with two attached hydrogens (primary N) is 1. The summed E-state index contributed by atoms with van der Waals surface area (Å²) < 4.78 is 2.27. The maximum Gasteiger partial charge on any atom is 0.188 e. The molecule has 0 saturated heterocycles. The number of halogens is 1. The maximum absolute atomic E-state index is 5.83. The Morgan fingerprint density at radius 2 is 2.10 bits per heavy atom. The van der Waals surface area contributed by atoms with Crippen LogP contribution in [0, 0.1) is 0 Å². The van der Waals surface area contributed by atoms with Crippen molar-refractivity contribution in [2.45, 2.75) is 39.3 Å². The van der Waals surface area contributed by atoms with Crippen LogP contribution < -0.4 is 11.1 Å². The first-order chi connectivity index (χ1) is 9.70. The molecule has 4 nitrogen and oxygen atoms in total. The van der Waals surface area contributed by atoms with Gasteiger partial charge in [-0.25, -0.2) is 0 Å². The van der Waals surface area contributed by atoms with E-state index in [9.17, 15) is 0 Å². The lowest BCUT2D eigenvalue weighted by atomic mass is 10.2. The van der Waals surface area contributed by atoms with Crippen molar-refractivity contribution in [2.75, 3.05) is 6.54 Å². The zero-order valence-corrected chi connectivity index (χ0v) is 15.1. The Morgan fingerprint density at radius 3 is 2.86 bits per heavy atom. The number of hydrogen-bond donors (Lipinski definition) is 2. The van der Waals surface area contributed by atoms with E-state index in [-0.39, 0.29) is 24.0 Å². The van der Waals surface area contributed by atoms with E-state index in [1.54, 1.807) is 0 Å². The maximum atomic E-state index is 5.83. The molecule has 0 radical (unpaired) electrons. The summed E-state index contributed by atoms with van der Waals surface area (Å²) in [6.07, 6.45) is 4.17. The Hall–Kier alpha value is -1.24. The molecule has 0 aliphatic heterocycles. The van der Waals surface area contributed by atoms with Crippen LogP contribution in [0.15, 0.2) is 41.5 Å². The highest BCUT2D eigenvalue weighted by Gasteiger charge is 2.00. The predicted octanol–water partition coefficient (Wildman–Crippen LogP) is 3.35. The Balaban J connectivity index is 0.00000220. The van der Waals surface area contributed by atoms with Gasteiger partial charge in [0.2, 0.25) is 0 Å². The molecule has 5 heteroatoms. The molecular weight excluding hydrogens is 375 g/mol. The van der Waals surface area contributed by atoms with E-state index in [1.807, 2.05) is 0 Å². The highest BCUT2D eigenvalue weighted by Crippen LogP contribution is 2.15. The summed E-state index contributed by atoms with van der Waals surface area (Å²) in [7, 11) is 0. The summed E-state index contributed by atoms with van der Waals surface area (Å²) in [6, 6.07) is 11.0.